The summed E-state index contributed by atoms with van der Waals surface area (Å²) in [4.78, 5) is 27.9. The number of hydrogen-bond donors (Lipinski definition) is 0. The largest absolute Gasteiger partial charge is 0.345 e. The molecule has 1 fully saturated rings. The van der Waals surface area contributed by atoms with Gasteiger partial charge in [-0.2, -0.15) is 0 Å². The Morgan fingerprint density at radius 1 is 1.36 bits per heavy atom. The van der Waals surface area contributed by atoms with Crippen molar-refractivity contribution < 1.29 is 9.59 Å². The third-order valence-electron chi connectivity index (χ3n) is 3.91. The second-order valence-electron chi connectivity index (χ2n) is 5.59. The summed E-state index contributed by atoms with van der Waals surface area (Å²) in [5.41, 5.74) is 0.502. The molecule has 0 aromatic heterocycles. The van der Waals surface area contributed by atoms with Gasteiger partial charge in [0.2, 0.25) is 11.8 Å². The molecule has 1 atom stereocenters. The zero-order chi connectivity index (χ0) is 16.3. The van der Waals surface area contributed by atoms with Crippen LogP contribution in [0.4, 0.5) is 5.69 Å². The summed E-state index contributed by atoms with van der Waals surface area (Å²) in [5.74, 6) is -0.439. The Morgan fingerprint density at radius 3 is 2.59 bits per heavy atom. The van der Waals surface area contributed by atoms with E-state index in [1.54, 1.807) is 30.1 Å². The van der Waals surface area contributed by atoms with Gasteiger partial charge in [0, 0.05) is 26.6 Å². The van der Waals surface area contributed by atoms with Crippen molar-refractivity contribution in [3.8, 4) is 0 Å². The van der Waals surface area contributed by atoms with Crippen LogP contribution in [0, 0.1) is 5.92 Å². The maximum atomic E-state index is 12.4. The van der Waals surface area contributed by atoms with E-state index in [2.05, 4.69) is 6.92 Å². The molecule has 0 N–H and O–H groups in total. The lowest BCUT2D eigenvalue weighted by atomic mass is 10.1. The molecule has 0 bridgehead atoms. The molecule has 1 unspecified atom stereocenters. The fraction of sp³-hybridized carbons (Fsp3) is 0.500. The third kappa shape index (κ3) is 3.55. The molecular weight excluding hydrogens is 323 g/mol. The number of benzene rings is 1. The number of rotatable bonds is 5. The molecular formula is C16H20Cl2N2O2. The van der Waals surface area contributed by atoms with Gasteiger partial charge in [-0.3, -0.25) is 9.59 Å². The molecule has 1 aliphatic heterocycles. The van der Waals surface area contributed by atoms with Gasteiger partial charge in [0.15, 0.2) is 0 Å². The normalized spacial score (nSPS) is 17.9. The molecule has 6 heteroatoms. The summed E-state index contributed by atoms with van der Waals surface area (Å²) in [6.45, 7) is 3.13. The topological polar surface area (TPSA) is 40.6 Å². The highest BCUT2D eigenvalue weighted by Crippen LogP contribution is 2.37. The van der Waals surface area contributed by atoms with Crippen LogP contribution in [0.15, 0.2) is 18.2 Å². The lowest BCUT2D eigenvalue weighted by molar-refractivity contribution is -0.134. The zero-order valence-electron chi connectivity index (χ0n) is 12.8. The Bertz CT molecular complexity index is 557. The second-order valence-corrected chi connectivity index (χ2v) is 6.40. The molecule has 2 rings (SSSR count). The van der Waals surface area contributed by atoms with Crippen LogP contribution in [0.3, 0.4) is 0 Å². The van der Waals surface area contributed by atoms with E-state index in [-0.39, 0.29) is 24.2 Å². The quantitative estimate of drug-likeness (QED) is 0.820. The smallest absolute Gasteiger partial charge is 0.227 e. The molecule has 4 nitrogen and oxygen atoms in total. The van der Waals surface area contributed by atoms with Gasteiger partial charge in [-0.25, -0.2) is 0 Å². The van der Waals surface area contributed by atoms with Crippen LogP contribution < -0.4 is 4.90 Å². The van der Waals surface area contributed by atoms with Crippen LogP contribution in [0.5, 0.6) is 0 Å². The lowest BCUT2D eigenvalue weighted by Gasteiger charge is -2.22. The molecule has 0 saturated carbocycles. The number of unbranched alkanes of at least 4 members (excludes halogenated alkanes) is 1. The molecule has 22 heavy (non-hydrogen) atoms. The number of carbonyl (C=O) groups excluding carboxylic acids is 2. The third-order valence-corrected chi connectivity index (χ3v) is 4.52. The number of anilines is 1. The molecule has 1 aromatic carbocycles. The number of carbonyl (C=O) groups is 2. The standard InChI is InChI=1S/C16H20Cl2N2O2/c1-3-4-8-19(2)16(22)11-9-14(21)20(10-11)15-12(17)6-5-7-13(15)18/h5-7,11H,3-4,8-10H2,1-2H3. The van der Waals surface area contributed by atoms with Crippen LogP contribution in [0.25, 0.3) is 0 Å². The first-order valence-electron chi connectivity index (χ1n) is 7.45. The summed E-state index contributed by atoms with van der Waals surface area (Å²) in [6, 6.07) is 5.12. The van der Waals surface area contributed by atoms with Crippen molar-refractivity contribution in [1.29, 1.82) is 0 Å². The molecule has 1 aliphatic rings. The minimum atomic E-state index is -0.332. The number of para-hydroxylation sites is 1. The Morgan fingerprint density at radius 2 is 2.00 bits per heavy atom. The van der Waals surface area contributed by atoms with E-state index >= 15 is 0 Å². The van der Waals surface area contributed by atoms with Crippen molar-refractivity contribution in [1.82, 2.24) is 4.90 Å². The van der Waals surface area contributed by atoms with Crippen LogP contribution >= 0.6 is 23.2 Å². The zero-order valence-corrected chi connectivity index (χ0v) is 14.3. The Balaban J connectivity index is 2.13. The average molecular weight is 343 g/mol. The number of nitrogens with zero attached hydrogens (tertiary/aromatic N) is 2. The Labute approximate surface area is 141 Å². The predicted molar refractivity (Wildman–Crippen MR) is 89.5 cm³/mol. The Hall–Kier alpha value is -1.26. The van der Waals surface area contributed by atoms with Gasteiger partial charge in [0.25, 0.3) is 0 Å². The minimum Gasteiger partial charge on any atom is -0.345 e. The molecule has 2 amide bonds. The number of hydrogen-bond acceptors (Lipinski definition) is 2. The van der Waals surface area contributed by atoms with Crippen LogP contribution in [-0.2, 0) is 9.59 Å². The maximum Gasteiger partial charge on any atom is 0.227 e. The van der Waals surface area contributed by atoms with Crippen molar-refractivity contribution in [3.63, 3.8) is 0 Å². The highest BCUT2D eigenvalue weighted by molar-refractivity contribution is 6.40. The van der Waals surface area contributed by atoms with E-state index in [1.807, 2.05) is 0 Å². The van der Waals surface area contributed by atoms with Crippen LogP contribution in [0.1, 0.15) is 26.2 Å². The summed E-state index contributed by atoms with van der Waals surface area (Å²) in [6.07, 6.45) is 2.20. The molecule has 1 aromatic rings. The summed E-state index contributed by atoms with van der Waals surface area (Å²) in [7, 11) is 1.79. The van der Waals surface area contributed by atoms with Crippen molar-refractivity contribution in [2.75, 3.05) is 25.0 Å². The van der Waals surface area contributed by atoms with E-state index in [1.165, 1.54) is 4.90 Å². The van der Waals surface area contributed by atoms with E-state index < -0.39 is 0 Å². The Kier molecular flexibility index (Phi) is 5.70. The molecule has 120 valence electrons. The first-order chi connectivity index (χ1) is 10.5. The highest BCUT2D eigenvalue weighted by atomic mass is 35.5. The second kappa shape index (κ2) is 7.34. The first-order valence-corrected chi connectivity index (χ1v) is 8.20. The van der Waals surface area contributed by atoms with Gasteiger partial charge in [0.1, 0.15) is 0 Å². The summed E-state index contributed by atoms with van der Waals surface area (Å²) < 4.78 is 0. The van der Waals surface area contributed by atoms with Gasteiger partial charge in [-0.1, -0.05) is 42.6 Å². The molecule has 0 spiro atoms. The van der Waals surface area contributed by atoms with Crippen LogP contribution in [-0.4, -0.2) is 36.9 Å². The first kappa shape index (κ1) is 17.1. The number of halogens is 2. The van der Waals surface area contributed by atoms with Crippen LogP contribution in [0.2, 0.25) is 10.0 Å². The van der Waals surface area contributed by atoms with Crippen molar-refractivity contribution >= 4 is 40.7 Å². The monoisotopic (exact) mass is 342 g/mol. The molecule has 1 heterocycles. The molecule has 0 radical (unpaired) electrons. The SMILES string of the molecule is CCCCN(C)C(=O)C1CC(=O)N(c2c(Cl)cccc2Cl)C1. The fourth-order valence-corrected chi connectivity index (χ4v) is 3.25. The van der Waals surface area contributed by atoms with Gasteiger partial charge in [-0.15, -0.1) is 0 Å². The minimum absolute atomic E-state index is 0.00692. The molecule has 0 aliphatic carbocycles. The fourth-order valence-electron chi connectivity index (χ4n) is 2.65. The summed E-state index contributed by atoms with van der Waals surface area (Å²) in [5, 5.41) is 0.849. The predicted octanol–water partition coefficient (Wildman–Crippen LogP) is 3.60. The van der Waals surface area contributed by atoms with E-state index in [0.29, 0.717) is 28.8 Å². The maximum absolute atomic E-state index is 12.4. The van der Waals surface area contributed by atoms with Crippen molar-refractivity contribution in [3.05, 3.63) is 28.2 Å². The summed E-state index contributed by atoms with van der Waals surface area (Å²) >= 11 is 12.3. The van der Waals surface area contributed by atoms with Gasteiger partial charge in [0.05, 0.1) is 21.7 Å². The van der Waals surface area contributed by atoms with E-state index in [0.717, 1.165) is 12.8 Å². The molecule has 1 saturated heterocycles. The number of amides is 2. The lowest BCUT2D eigenvalue weighted by Crippen LogP contribution is -2.35. The average Bonchev–Trinajstić information content (AvgIpc) is 2.85. The highest BCUT2D eigenvalue weighted by Gasteiger charge is 2.37. The van der Waals surface area contributed by atoms with Gasteiger partial charge >= 0.3 is 0 Å². The van der Waals surface area contributed by atoms with Crippen molar-refractivity contribution in [2.45, 2.75) is 26.2 Å². The van der Waals surface area contributed by atoms with E-state index in [9.17, 15) is 9.59 Å². The van der Waals surface area contributed by atoms with Crippen molar-refractivity contribution in [2.24, 2.45) is 5.92 Å². The van der Waals surface area contributed by atoms with Gasteiger partial charge in [-0.05, 0) is 18.6 Å². The van der Waals surface area contributed by atoms with E-state index in [4.69, 9.17) is 23.2 Å². The van der Waals surface area contributed by atoms with Gasteiger partial charge < -0.3 is 9.80 Å².